The highest BCUT2D eigenvalue weighted by molar-refractivity contribution is 5.86. The number of alkyl halides is 3. The molecule has 3 aromatic rings. The molecule has 0 unspecified atom stereocenters. The molecule has 5 heteroatoms. The summed E-state index contributed by atoms with van der Waals surface area (Å²) in [6, 6.07) is 10.9. The molecule has 1 nitrogen and oxygen atoms in total. The van der Waals surface area contributed by atoms with Crippen molar-refractivity contribution >= 4 is 10.9 Å². The Kier molecular flexibility index (Phi) is 3.64. The van der Waals surface area contributed by atoms with Crippen molar-refractivity contribution in [3.63, 3.8) is 0 Å². The lowest BCUT2D eigenvalue weighted by Crippen LogP contribution is -2.42. The van der Waals surface area contributed by atoms with Crippen LogP contribution in [0, 0.1) is 18.2 Å². The molecule has 0 spiro atoms. The molecule has 0 aliphatic heterocycles. The summed E-state index contributed by atoms with van der Waals surface area (Å²) in [5.41, 5.74) is -2.24. The fourth-order valence-electron chi connectivity index (χ4n) is 3.06. The highest BCUT2D eigenvalue weighted by Gasteiger charge is 2.57. The lowest BCUT2D eigenvalue weighted by molar-refractivity contribution is -0.161. The lowest BCUT2D eigenvalue weighted by Gasteiger charge is -2.31. The first-order chi connectivity index (χ1) is 11.3. The number of benzene rings is 2. The van der Waals surface area contributed by atoms with Gasteiger partial charge in [0.1, 0.15) is 5.82 Å². The molecule has 2 aromatic carbocycles. The summed E-state index contributed by atoms with van der Waals surface area (Å²) < 4.78 is 57.2. The molecular weight excluding hydrogens is 318 g/mol. The van der Waals surface area contributed by atoms with Crippen molar-refractivity contribution in [2.45, 2.75) is 11.6 Å². The Morgan fingerprint density at radius 2 is 1.62 bits per heavy atom. The highest BCUT2D eigenvalue weighted by atomic mass is 19.4. The highest BCUT2D eigenvalue weighted by Crippen LogP contribution is 2.48. The predicted molar refractivity (Wildman–Crippen MR) is 85.0 cm³/mol. The van der Waals surface area contributed by atoms with Crippen LogP contribution in [0.3, 0.4) is 0 Å². The number of terminal acetylenes is 1. The molecule has 0 saturated carbocycles. The maximum Gasteiger partial charge on any atom is 0.413 e. The predicted octanol–water partition coefficient (Wildman–Crippen LogP) is 4.80. The van der Waals surface area contributed by atoms with Gasteiger partial charge in [0.05, 0.1) is 0 Å². The molecule has 24 heavy (non-hydrogen) atoms. The third-order valence-electron chi connectivity index (χ3n) is 4.22. The van der Waals surface area contributed by atoms with Crippen molar-refractivity contribution in [1.29, 1.82) is 0 Å². The van der Waals surface area contributed by atoms with Crippen LogP contribution in [-0.2, 0) is 12.5 Å². The van der Waals surface area contributed by atoms with Crippen molar-refractivity contribution in [1.82, 2.24) is 4.57 Å². The van der Waals surface area contributed by atoms with Crippen LogP contribution in [0.4, 0.5) is 17.6 Å². The second-order valence-electron chi connectivity index (χ2n) is 5.57. The third-order valence-corrected chi connectivity index (χ3v) is 4.22. The van der Waals surface area contributed by atoms with Gasteiger partial charge in [-0.1, -0.05) is 36.3 Å². The number of aryl methyl sites for hydroxylation is 1. The molecule has 0 aliphatic carbocycles. The zero-order chi connectivity index (χ0) is 17.5. The van der Waals surface area contributed by atoms with Crippen LogP contribution >= 0.6 is 0 Å². The molecule has 3 rings (SSSR count). The SMILES string of the molecule is C#C[C@](c1ccc(F)cc1)(c1cn(C)c2ccccc12)C(F)(F)F. The van der Waals surface area contributed by atoms with E-state index in [1.165, 1.54) is 6.20 Å². The van der Waals surface area contributed by atoms with Crippen LogP contribution in [0.5, 0.6) is 0 Å². The van der Waals surface area contributed by atoms with Crippen LogP contribution in [0.15, 0.2) is 54.7 Å². The van der Waals surface area contributed by atoms with Gasteiger partial charge in [-0.05, 0) is 23.8 Å². The molecule has 0 aliphatic rings. The number of aromatic nitrogens is 1. The second kappa shape index (κ2) is 5.41. The third kappa shape index (κ3) is 2.18. The van der Waals surface area contributed by atoms with Gasteiger partial charge in [-0.25, -0.2) is 4.39 Å². The Balaban J connectivity index is 2.42. The molecule has 0 radical (unpaired) electrons. The van der Waals surface area contributed by atoms with E-state index in [-0.39, 0.29) is 11.1 Å². The number of fused-ring (bicyclic) bond motifs is 1. The van der Waals surface area contributed by atoms with E-state index in [0.29, 0.717) is 10.9 Å². The van der Waals surface area contributed by atoms with E-state index in [0.717, 1.165) is 24.3 Å². The van der Waals surface area contributed by atoms with Gasteiger partial charge in [0, 0.05) is 29.7 Å². The quantitative estimate of drug-likeness (QED) is 0.470. The first kappa shape index (κ1) is 16.1. The molecule has 122 valence electrons. The van der Waals surface area contributed by atoms with E-state index in [2.05, 4.69) is 0 Å². The fourth-order valence-corrected chi connectivity index (χ4v) is 3.06. The van der Waals surface area contributed by atoms with Crippen molar-refractivity contribution in [2.24, 2.45) is 7.05 Å². The minimum atomic E-state index is -4.75. The van der Waals surface area contributed by atoms with Crippen LogP contribution in [0.25, 0.3) is 10.9 Å². The normalized spacial score (nSPS) is 14.3. The van der Waals surface area contributed by atoms with Gasteiger partial charge in [-0.2, -0.15) is 13.2 Å². The number of rotatable bonds is 2. The van der Waals surface area contributed by atoms with Crippen LogP contribution in [0.1, 0.15) is 11.1 Å². The van der Waals surface area contributed by atoms with Crippen LogP contribution in [0.2, 0.25) is 0 Å². The largest absolute Gasteiger partial charge is 0.413 e. The van der Waals surface area contributed by atoms with Crippen LogP contribution in [-0.4, -0.2) is 10.7 Å². The van der Waals surface area contributed by atoms with Crippen molar-refractivity contribution in [3.05, 3.63) is 71.7 Å². The van der Waals surface area contributed by atoms with Gasteiger partial charge in [0.15, 0.2) is 5.41 Å². The molecule has 0 amide bonds. The van der Waals surface area contributed by atoms with Gasteiger partial charge in [0.25, 0.3) is 0 Å². The molecule has 0 fully saturated rings. The smallest absolute Gasteiger partial charge is 0.350 e. The zero-order valence-electron chi connectivity index (χ0n) is 12.7. The minimum Gasteiger partial charge on any atom is -0.350 e. The fraction of sp³-hybridized carbons (Fsp3) is 0.158. The first-order valence-corrected chi connectivity index (χ1v) is 7.16. The summed E-state index contributed by atoms with van der Waals surface area (Å²) in [6.07, 6.45) is 2.07. The molecule has 1 atom stereocenters. The summed E-state index contributed by atoms with van der Waals surface area (Å²) in [4.78, 5) is 0. The van der Waals surface area contributed by atoms with Crippen LogP contribution < -0.4 is 0 Å². The minimum absolute atomic E-state index is 0.0396. The summed E-state index contributed by atoms with van der Waals surface area (Å²) in [5, 5.41) is 0.416. The van der Waals surface area contributed by atoms with Crippen molar-refractivity contribution in [3.8, 4) is 12.3 Å². The van der Waals surface area contributed by atoms with Gasteiger partial charge in [0.2, 0.25) is 0 Å². The molecule has 0 bridgehead atoms. The van der Waals surface area contributed by atoms with Gasteiger partial charge < -0.3 is 4.57 Å². The zero-order valence-corrected chi connectivity index (χ0v) is 12.7. The maximum atomic E-state index is 14.1. The van der Waals surface area contributed by atoms with Crippen molar-refractivity contribution < 1.29 is 17.6 Å². The summed E-state index contributed by atoms with van der Waals surface area (Å²) in [5.74, 6) is 1.33. The van der Waals surface area contributed by atoms with E-state index >= 15 is 0 Å². The molecule has 0 saturated heterocycles. The maximum absolute atomic E-state index is 14.1. The van der Waals surface area contributed by atoms with Crippen molar-refractivity contribution in [2.75, 3.05) is 0 Å². The molecule has 1 aromatic heterocycles. The van der Waals surface area contributed by atoms with E-state index < -0.39 is 17.4 Å². The Hall–Kier alpha value is -2.74. The van der Waals surface area contributed by atoms with E-state index in [1.807, 2.05) is 5.92 Å². The molecule has 1 heterocycles. The standard InChI is InChI=1S/C19H13F4N/c1-3-18(19(21,22)23,13-8-10-14(20)11-9-13)16-12-24(2)17-7-5-4-6-15(16)17/h1,4-12H,2H3/t18-/m0/s1. The van der Waals surface area contributed by atoms with Gasteiger partial charge in [-0.3, -0.25) is 0 Å². The number of hydrogen-bond acceptors (Lipinski definition) is 0. The summed E-state index contributed by atoms with van der Waals surface area (Å²) in [7, 11) is 1.66. The van der Waals surface area contributed by atoms with E-state index in [1.54, 1.807) is 35.9 Å². The number of hydrogen-bond donors (Lipinski definition) is 0. The topological polar surface area (TPSA) is 4.93 Å². The number of nitrogens with zero attached hydrogens (tertiary/aromatic N) is 1. The Morgan fingerprint density at radius 1 is 1.00 bits per heavy atom. The first-order valence-electron chi connectivity index (χ1n) is 7.16. The molecule has 0 N–H and O–H groups in total. The number of para-hydroxylation sites is 1. The summed E-state index contributed by atoms with van der Waals surface area (Å²) >= 11 is 0. The average Bonchev–Trinajstić information content (AvgIpc) is 2.87. The monoisotopic (exact) mass is 331 g/mol. The van der Waals surface area contributed by atoms with E-state index in [4.69, 9.17) is 6.42 Å². The Morgan fingerprint density at radius 3 is 2.21 bits per heavy atom. The number of halogens is 4. The summed E-state index contributed by atoms with van der Waals surface area (Å²) in [6.45, 7) is 0. The molecular formula is C19H13F4N. The Labute approximate surface area is 136 Å². The lowest BCUT2D eigenvalue weighted by atomic mass is 9.74. The van der Waals surface area contributed by atoms with E-state index in [9.17, 15) is 17.6 Å². The average molecular weight is 331 g/mol. The second-order valence-corrected chi connectivity index (χ2v) is 5.57. The Bertz CT molecular complexity index is 929. The van der Waals surface area contributed by atoms with Gasteiger partial charge in [-0.15, -0.1) is 6.42 Å². The van der Waals surface area contributed by atoms with Gasteiger partial charge >= 0.3 is 6.18 Å².